The van der Waals surface area contributed by atoms with Gasteiger partial charge < -0.3 is 15.4 Å². The van der Waals surface area contributed by atoms with Crippen LogP contribution in [0.4, 0.5) is 5.82 Å². The van der Waals surface area contributed by atoms with Gasteiger partial charge in [-0.3, -0.25) is 4.79 Å². The van der Waals surface area contributed by atoms with Crippen LogP contribution in [0.1, 0.15) is 26.2 Å². The standard InChI is InChI=1S/C14H21N3O2/c1-11-4-8-17(9-5-11)13(18)6-10-19-12-3-2-7-16-14(12)15/h2-3,7,11H,4-6,8-10H2,1H3,(H2,15,16). The number of carbonyl (C=O) groups excluding carboxylic acids is 1. The van der Waals surface area contributed by atoms with Crippen LogP contribution in [-0.4, -0.2) is 35.5 Å². The lowest BCUT2D eigenvalue weighted by Crippen LogP contribution is -2.38. The number of pyridine rings is 1. The van der Waals surface area contributed by atoms with E-state index in [4.69, 9.17) is 10.5 Å². The lowest BCUT2D eigenvalue weighted by Gasteiger charge is -2.30. The summed E-state index contributed by atoms with van der Waals surface area (Å²) < 4.78 is 5.48. The van der Waals surface area contributed by atoms with E-state index in [1.807, 2.05) is 4.90 Å². The number of piperidine rings is 1. The van der Waals surface area contributed by atoms with Gasteiger partial charge in [-0.1, -0.05) is 6.92 Å². The quantitative estimate of drug-likeness (QED) is 0.897. The van der Waals surface area contributed by atoms with Crippen molar-refractivity contribution in [2.75, 3.05) is 25.4 Å². The van der Waals surface area contributed by atoms with E-state index in [0.717, 1.165) is 31.8 Å². The fraction of sp³-hybridized carbons (Fsp3) is 0.571. The summed E-state index contributed by atoms with van der Waals surface area (Å²) in [4.78, 5) is 17.8. The molecule has 1 aliphatic heterocycles. The number of carbonyl (C=O) groups is 1. The van der Waals surface area contributed by atoms with Crippen LogP contribution in [0.2, 0.25) is 0 Å². The Balaban J connectivity index is 1.74. The van der Waals surface area contributed by atoms with E-state index in [2.05, 4.69) is 11.9 Å². The summed E-state index contributed by atoms with van der Waals surface area (Å²) in [5, 5.41) is 0. The van der Waals surface area contributed by atoms with Crippen LogP contribution in [0, 0.1) is 5.92 Å². The third kappa shape index (κ3) is 3.84. The average Bonchev–Trinajstić information content (AvgIpc) is 2.41. The molecule has 0 bridgehead atoms. The van der Waals surface area contributed by atoms with Crippen molar-refractivity contribution in [3.8, 4) is 5.75 Å². The van der Waals surface area contributed by atoms with Gasteiger partial charge in [-0.15, -0.1) is 0 Å². The van der Waals surface area contributed by atoms with Gasteiger partial charge >= 0.3 is 0 Å². The molecule has 1 aromatic rings. The molecule has 0 spiro atoms. The molecule has 0 saturated carbocycles. The van der Waals surface area contributed by atoms with Crippen LogP contribution in [-0.2, 0) is 4.79 Å². The van der Waals surface area contributed by atoms with E-state index in [1.165, 1.54) is 0 Å². The van der Waals surface area contributed by atoms with Gasteiger partial charge in [-0.05, 0) is 30.9 Å². The third-order valence-electron chi connectivity index (χ3n) is 3.51. The number of nitrogens with two attached hydrogens (primary N) is 1. The van der Waals surface area contributed by atoms with Gasteiger partial charge in [0.2, 0.25) is 5.91 Å². The van der Waals surface area contributed by atoms with Crippen molar-refractivity contribution in [1.29, 1.82) is 0 Å². The minimum atomic E-state index is 0.161. The first-order valence-electron chi connectivity index (χ1n) is 6.78. The summed E-state index contributed by atoms with van der Waals surface area (Å²) in [6.07, 6.45) is 4.20. The zero-order valence-corrected chi connectivity index (χ0v) is 11.3. The minimum Gasteiger partial charge on any atom is -0.489 e. The van der Waals surface area contributed by atoms with Crippen molar-refractivity contribution in [3.05, 3.63) is 18.3 Å². The fourth-order valence-electron chi connectivity index (χ4n) is 2.19. The first-order valence-corrected chi connectivity index (χ1v) is 6.78. The molecule has 104 valence electrons. The van der Waals surface area contributed by atoms with Gasteiger partial charge in [-0.2, -0.15) is 0 Å². The Morgan fingerprint density at radius 3 is 2.95 bits per heavy atom. The Morgan fingerprint density at radius 2 is 2.26 bits per heavy atom. The van der Waals surface area contributed by atoms with Gasteiger partial charge in [0, 0.05) is 19.3 Å². The van der Waals surface area contributed by atoms with Crippen molar-refractivity contribution >= 4 is 11.7 Å². The molecule has 5 heteroatoms. The van der Waals surface area contributed by atoms with E-state index < -0.39 is 0 Å². The number of hydrogen-bond donors (Lipinski definition) is 1. The maximum Gasteiger partial charge on any atom is 0.225 e. The molecule has 1 amide bonds. The predicted octanol–water partition coefficient (Wildman–Crippen LogP) is 1.69. The predicted molar refractivity (Wildman–Crippen MR) is 73.7 cm³/mol. The SMILES string of the molecule is CC1CCN(C(=O)CCOc2cccnc2N)CC1. The molecule has 0 aromatic carbocycles. The first kappa shape index (κ1) is 13.6. The van der Waals surface area contributed by atoms with Crippen molar-refractivity contribution in [2.24, 2.45) is 5.92 Å². The van der Waals surface area contributed by atoms with E-state index in [-0.39, 0.29) is 5.91 Å². The monoisotopic (exact) mass is 263 g/mol. The molecular formula is C14H21N3O2. The Kier molecular flexibility index (Phi) is 4.60. The Hall–Kier alpha value is -1.78. The van der Waals surface area contributed by atoms with Gasteiger partial charge in [0.25, 0.3) is 0 Å². The van der Waals surface area contributed by atoms with Crippen molar-refractivity contribution in [3.63, 3.8) is 0 Å². The Morgan fingerprint density at radius 1 is 1.53 bits per heavy atom. The summed E-state index contributed by atoms with van der Waals surface area (Å²) in [5.74, 6) is 1.80. The largest absolute Gasteiger partial charge is 0.489 e. The summed E-state index contributed by atoms with van der Waals surface area (Å²) >= 11 is 0. The molecule has 1 saturated heterocycles. The molecule has 0 unspecified atom stereocenters. The van der Waals surface area contributed by atoms with E-state index in [0.29, 0.717) is 24.6 Å². The number of anilines is 1. The number of amides is 1. The maximum absolute atomic E-state index is 12.0. The third-order valence-corrected chi connectivity index (χ3v) is 3.51. The van der Waals surface area contributed by atoms with E-state index in [9.17, 15) is 4.79 Å². The zero-order valence-electron chi connectivity index (χ0n) is 11.3. The summed E-state index contributed by atoms with van der Waals surface area (Å²) in [5.41, 5.74) is 5.66. The Bertz CT molecular complexity index is 428. The second-order valence-corrected chi connectivity index (χ2v) is 5.05. The Labute approximate surface area is 113 Å². The molecule has 19 heavy (non-hydrogen) atoms. The van der Waals surface area contributed by atoms with E-state index >= 15 is 0 Å². The average molecular weight is 263 g/mol. The second kappa shape index (κ2) is 6.41. The smallest absolute Gasteiger partial charge is 0.225 e. The van der Waals surface area contributed by atoms with Crippen LogP contribution < -0.4 is 10.5 Å². The molecule has 1 aliphatic rings. The molecule has 1 fully saturated rings. The van der Waals surface area contributed by atoms with Crippen LogP contribution in [0.25, 0.3) is 0 Å². The van der Waals surface area contributed by atoms with Crippen LogP contribution in [0.15, 0.2) is 18.3 Å². The number of rotatable bonds is 4. The fourth-order valence-corrected chi connectivity index (χ4v) is 2.19. The normalized spacial score (nSPS) is 16.4. The van der Waals surface area contributed by atoms with Gasteiger partial charge in [0.15, 0.2) is 11.6 Å². The van der Waals surface area contributed by atoms with Crippen LogP contribution >= 0.6 is 0 Å². The molecule has 2 rings (SSSR count). The van der Waals surface area contributed by atoms with Crippen molar-refractivity contribution < 1.29 is 9.53 Å². The van der Waals surface area contributed by atoms with Gasteiger partial charge in [0.05, 0.1) is 13.0 Å². The summed E-state index contributed by atoms with van der Waals surface area (Å²) in [6.45, 7) is 4.32. The highest BCUT2D eigenvalue weighted by molar-refractivity contribution is 5.76. The van der Waals surface area contributed by atoms with Gasteiger partial charge in [-0.25, -0.2) is 4.98 Å². The van der Waals surface area contributed by atoms with Crippen LogP contribution in [0.3, 0.4) is 0 Å². The summed E-state index contributed by atoms with van der Waals surface area (Å²) in [6, 6.07) is 3.52. The summed E-state index contributed by atoms with van der Waals surface area (Å²) in [7, 11) is 0. The second-order valence-electron chi connectivity index (χ2n) is 5.05. The number of hydrogen-bond acceptors (Lipinski definition) is 4. The van der Waals surface area contributed by atoms with Crippen LogP contribution in [0.5, 0.6) is 5.75 Å². The number of likely N-dealkylation sites (tertiary alicyclic amines) is 1. The minimum absolute atomic E-state index is 0.161. The molecule has 0 atom stereocenters. The molecule has 0 aliphatic carbocycles. The number of ether oxygens (including phenoxy) is 1. The number of nitrogens with zero attached hydrogens (tertiary/aromatic N) is 2. The lowest BCUT2D eigenvalue weighted by atomic mass is 9.99. The molecule has 1 aromatic heterocycles. The molecule has 0 radical (unpaired) electrons. The number of aromatic nitrogens is 1. The molecule has 2 N–H and O–H groups in total. The van der Waals surface area contributed by atoms with Crippen molar-refractivity contribution in [2.45, 2.75) is 26.2 Å². The van der Waals surface area contributed by atoms with Crippen molar-refractivity contribution in [1.82, 2.24) is 9.88 Å². The number of nitrogen functional groups attached to an aromatic ring is 1. The first-order chi connectivity index (χ1) is 9.16. The lowest BCUT2D eigenvalue weighted by molar-refractivity contribution is -0.133. The highest BCUT2D eigenvalue weighted by atomic mass is 16.5. The highest BCUT2D eigenvalue weighted by Crippen LogP contribution is 2.18. The molecular weight excluding hydrogens is 242 g/mol. The highest BCUT2D eigenvalue weighted by Gasteiger charge is 2.19. The molecule has 2 heterocycles. The maximum atomic E-state index is 12.0. The topological polar surface area (TPSA) is 68.5 Å². The molecule has 5 nitrogen and oxygen atoms in total. The zero-order chi connectivity index (χ0) is 13.7. The van der Waals surface area contributed by atoms with E-state index in [1.54, 1.807) is 18.3 Å². The van der Waals surface area contributed by atoms with Gasteiger partial charge in [0.1, 0.15) is 0 Å².